The largest absolute Gasteiger partial charge is 0.0654 e. The van der Waals surface area contributed by atoms with Crippen LogP contribution >= 0.6 is 0 Å². The highest BCUT2D eigenvalue weighted by atomic mass is 14.2. The number of hydrogen-bond acceptors (Lipinski definition) is 0. The van der Waals surface area contributed by atoms with Crippen LogP contribution in [0.25, 0.3) is 0 Å². The van der Waals surface area contributed by atoms with Crippen LogP contribution in [0.4, 0.5) is 0 Å². The minimum Gasteiger partial charge on any atom is -0.0654 e. The fourth-order valence-corrected chi connectivity index (χ4v) is 1.93. The van der Waals surface area contributed by atoms with Gasteiger partial charge in [-0.15, -0.1) is 0 Å². The maximum atomic E-state index is 2.30. The van der Waals surface area contributed by atoms with Crippen molar-refractivity contribution in [3.63, 3.8) is 0 Å². The van der Waals surface area contributed by atoms with Crippen molar-refractivity contribution in [2.24, 2.45) is 0 Å². The number of benzene rings is 1. The van der Waals surface area contributed by atoms with E-state index in [4.69, 9.17) is 0 Å². The van der Waals surface area contributed by atoms with E-state index in [-0.39, 0.29) is 5.41 Å². The monoisotopic (exact) mass is 218 g/mol. The molecule has 0 saturated carbocycles. The van der Waals surface area contributed by atoms with Gasteiger partial charge in [0.25, 0.3) is 0 Å². The van der Waals surface area contributed by atoms with E-state index in [1.807, 2.05) is 0 Å². The van der Waals surface area contributed by atoms with Gasteiger partial charge in [-0.2, -0.15) is 0 Å². The molecule has 0 bridgehead atoms. The molecule has 0 aliphatic heterocycles. The maximum absolute atomic E-state index is 2.30. The summed E-state index contributed by atoms with van der Waals surface area (Å²) in [6.45, 7) is 9.06. The van der Waals surface area contributed by atoms with Gasteiger partial charge in [0.2, 0.25) is 0 Å². The van der Waals surface area contributed by atoms with Crippen molar-refractivity contribution in [1.29, 1.82) is 0 Å². The van der Waals surface area contributed by atoms with Crippen molar-refractivity contribution in [2.75, 3.05) is 0 Å². The first-order chi connectivity index (χ1) is 7.54. The number of rotatable bonds is 5. The Bertz CT molecular complexity index is 287. The third-order valence-corrected chi connectivity index (χ3v) is 3.14. The summed E-state index contributed by atoms with van der Waals surface area (Å²) < 4.78 is 0. The molecule has 0 unspecified atom stereocenters. The van der Waals surface area contributed by atoms with Crippen LogP contribution in [-0.2, 0) is 11.8 Å². The number of aryl methyl sites for hydroxylation is 1. The lowest BCUT2D eigenvalue weighted by Gasteiger charge is -2.19. The Morgan fingerprint density at radius 3 is 2.00 bits per heavy atom. The molecular weight excluding hydrogens is 192 g/mol. The standard InChI is InChI=1S/C16H26/c1-5-6-7-8-9-14-10-12-15(13-11-14)16(2,3)4/h10-13H,5-9H2,1-4H3. The molecule has 1 rings (SSSR count). The second-order valence-electron chi connectivity index (χ2n) is 5.76. The normalized spacial score (nSPS) is 11.8. The molecule has 0 aliphatic carbocycles. The Labute approximate surface area is 101 Å². The molecule has 0 spiro atoms. The van der Waals surface area contributed by atoms with Crippen molar-refractivity contribution in [1.82, 2.24) is 0 Å². The van der Waals surface area contributed by atoms with Gasteiger partial charge >= 0.3 is 0 Å². The molecule has 0 saturated heterocycles. The highest BCUT2D eigenvalue weighted by molar-refractivity contribution is 5.27. The quantitative estimate of drug-likeness (QED) is 0.603. The summed E-state index contributed by atoms with van der Waals surface area (Å²) in [6, 6.07) is 9.17. The van der Waals surface area contributed by atoms with Crippen molar-refractivity contribution in [3.8, 4) is 0 Å². The molecule has 0 radical (unpaired) electrons. The fraction of sp³-hybridized carbons (Fsp3) is 0.625. The van der Waals surface area contributed by atoms with Gasteiger partial charge in [0.1, 0.15) is 0 Å². The fourth-order valence-electron chi connectivity index (χ4n) is 1.93. The van der Waals surface area contributed by atoms with Gasteiger partial charge in [-0.05, 0) is 29.4 Å². The van der Waals surface area contributed by atoms with Crippen LogP contribution in [0.2, 0.25) is 0 Å². The van der Waals surface area contributed by atoms with Gasteiger partial charge < -0.3 is 0 Å². The average Bonchev–Trinajstić information content (AvgIpc) is 2.24. The van der Waals surface area contributed by atoms with Crippen molar-refractivity contribution < 1.29 is 0 Å². The van der Waals surface area contributed by atoms with E-state index in [1.165, 1.54) is 43.2 Å². The predicted molar refractivity (Wildman–Crippen MR) is 73.0 cm³/mol. The minimum absolute atomic E-state index is 0.279. The lowest BCUT2D eigenvalue weighted by molar-refractivity contribution is 0.589. The molecule has 0 heteroatoms. The summed E-state index contributed by atoms with van der Waals surface area (Å²) in [7, 11) is 0. The number of hydrogen-bond donors (Lipinski definition) is 0. The lowest BCUT2D eigenvalue weighted by Crippen LogP contribution is -2.10. The Balaban J connectivity index is 2.46. The van der Waals surface area contributed by atoms with E-state index in [9.17, 15) is 0 Å². The Morgan fingerprint density at radius 1 is 0.875 bits per heavy atom. The third-order valence-electron chi connectivity index (χ3n) is 3.14. The van der Waals surface area contributed by atoms with Crippen LogP contribution in [0.1, 0.15) is 64.5 Å². The SMILES string of the molecule is CCCCCCc1ccc(C(C)(C)C)cc1. The Morgan fingerprint density at radius 2 is 1.50 bits per heavy atom. The van der Waals surface area contributed by atoms with Crippen LogP contribution in [0, 0.1) is 0 Å². The van der Waals surface area contributed by atoms with Crippen LogP contribution in [0.3, 0.4) is 0 Å². The maximum Gasteiger partial charge on any atom is -0.0132 e. The van der Waals surface area contributed by atoms with E-state index >= 15 is 0 Å². The molecular formula is C16H26. The zero-order chi connectivity index (χ0) is 12.0. The third kappa shape index (κ3) is 4.38. The molecule has 0 atom stereocenters. The summed E-state index contributed by atoms with van der Waals surface area (Å²) in [5.41, 5.74) is 3.20. The predicted octanol–water partition coefficient (Wildman–Crippen LogP) is 5.11. The highest BCUT2D eigenvalue weighted by Crippen LogP contribution is 2.22. The molecule has 0 N–H and O–H groups in total. The summed E-state index contributed by atoms with van der Waals surface area (Å²) >= 11 is 0. The van der Waals surface area contributed by atoms with E-state index in [1.54, 1.807) is 0 Å². The first kappa shape index (κ1) is 13.3. The summed E-state index contributed by atoms with van der Waals surface area (Å²) in [4.78, 5) is 0. The molecule has 16 heavy (non-hydrogen) atoms. The zero-order valence-corrected chi connectivity index (χ0v) is 11.3. The first-order valence-corrected chi connectivity index (χ1v) is 6.63. The smallest absolute Gasteiger partial charge is 0.0132 e. The second kappa shape index (κ2) is 6.08. The second-order valence-corrected chi connectivity index (χ2v) is 5.76. The minimum atomic E-state index is 0.279. The van der Waals surface area contributed by atoms with Gasteiger partial charge in [-0.1, -0.05) is 71.2 Å². The van der Waals surface area contributed by atoms with Crippen molar-refractivity contribution >= 4 is 0 Å². The van der Waals surface area contributed by atoms with Crippen LogP contribution in [0.15, 0.2) is 24.3 Å². The Kier molecular flexibility index (Phi) is 5.05. The molecule has 1 aromatic rings. The van der Waals surface area contributed by atoms with Crippen LogP contribution in [0.5, 0.6) is 0 Å². The average molecular weight is 218 g/mol. The van der Waals surface area contributed by atoms with Gasteiger partial charge in [0.15, 0.2) is 0 Å². The zero-order valence-electron chi connectivity index (χ0n) is 11.3. The van der Waals surface area contributed by atoms with Crippen LogP contribution < -0.4 is 0 Å². The first-order valence-electron chi connectivity index (χ1n) is 6.63. The topological polar surface area (TPSA) is 0 Å². The van der Waals surface area contributed by atoms with Gasteiger partial charge in [-0.25, -0.2) is 0 Å². The van der Waals surface area contributed by atoms with Crippen molar-refractivity contribution in [3.05, 3.63) is 35.4 Å². The van der Waals surface area contributed by atoms with E-state index in [0.29, 0.717) is 0 Å². The Hall–Kier alpha value is -0.780. The highest BCUT2D eigenvalue weighted by Gasteiger charge is 2.12. The molecule has 0 aromatic heterocycles. The molecule has 0 heterocycles. The molecule has 0 aliphatic rings. The summed E-state index contributed by atoms with van der Waals surface area (Å²) in [6.07, 6.45) is 6.65. The molecule has 0 nitrogen and oxygen atoms in total. The molecule has 1 aromatic carbocycles. The van der Waals surface area contributed by atoms with Gasteiger partial charge in [0.05, 0.1) is 0 Å². The van der Waals surface area contributed by atoms with E-state index in [0.717, 1.165) is 0 Å². The number of unbranched alkanes of at least 4 members (excludes halogenated alkanes) is 3. The van der Waals surface area contributed by atoms with E-state index < -0.39 is 0 Å². The van der Waals surface area contributed by atoms with Crippen molar-refractivity contribution in [2.45, 2.75) is 65.2 Å². The molecule has 0 fully saturated rings. The molecule has 90 valence electrons. The molecule has 0 amide bonds. The van der Waals surface area contributed by atoms with E-state index in [2.05, 4.69) is 52.0 Å². The summed E-state index contributed by atoms with van der Waals surface area (Å²) in [5.74, 6) is 0. The van der Waals surface area contributed by atoms with Gasteiger partial charge in [0, 0.05) is 0 Å². The lowest BCUT2D eigenvalue weighted by atomic mass is 9.86. The van der Waals surface area contributed by atoms with Gasteiger partial charge in [-0.3, -0.25) is 0 Å². The summed E-state index contributed by atoms with van der Waals surface area (Å²) in [5, 5.41) is 0. The van der Waals surface area contributed by atoms with Crippen LogP contribution in [-0.4, -0.2) is 0 Å².